The first-order valence-corrected chi connectivity index (χ1v) is 11.6. The Labute approximate surface area is 215 Å². The third-order valence-electron chi connectivity index (χ3n) is 5.37. The van der Waals surface area contributed by atoms with Crippen molar-refractivity contribution in [2.24, 2.45) is 10.3 Å². The maximum atomic E-state index is 10.7. The summed E-state index contributed by atoms with van der Waals surface area (Å²) in [6, 6.07) is 31.5. The molecule has 186 valence electrons. The van der Waals surface area contributed by atoms with Crippen LogP contribution in [0.5, 0.6) is 11.5 Å². The fourth-order valence-corrected chi connectivity index (χ4v) is 3.51. The van der Waals surface area contributed by atoms with E-state index < -0.39 is 4.92 Å². The number of oxime groups is 2. The lowest BCUT2D eigenvalue weighted by Crippen LogP contribution is -2.17. The molecule has 4 rings (SSSR count). The van der Waals surface area contributed by atoms with Gasteiger partial charge < -0.3 is 9.68 Å². The topological polar surface area (TPSA) is 89.6 Å². The minimum absolute atomic E-state index is 0.0360. The molecule has 0 atom stereocenters. The van der Waals surface area contributed by atoms with E-state index in [9.17, 15) is 10.1 Å². The summed E-state index contributed by atoms with van der Waals surface area (Å²) in [7, 11) is 2.06. The highest BCUT2D eigenvalue weighted by Crippen LogP contribution is 2.17. The van der Waals surface area contributed by atoms with Crippen molar-refractivity contribution in [2.45, 2.75) is 13.1 Å². The monoisotopic (exact) mass is 494 g/mol. The molecule has 0 spiro atoms. The van der Waals surface area contributed by atoms with Crippen LogP contribution in [0.15, 0.2) is 113 Å². The zero-order chi connectivity index (χ0) is 25.9. The smallest absolute Gasteiger partial charge is 0.269 e. The number of hydrogen-bond acceptors (Lipinski definition) is 7. The van der Waals surface area contributed by atoms with Crippen LogP contribution in [0.2, 0.25) is 0 Å². The summed E-state index contributed by atoms with van der Waals surface area (Å²) < 4.78 is 0. The van der Waals surface area contributed by atoms with Crippen molar-refractivity contribution in [3.05, 3.63) is 135 Å². The summed E-state index contributed by atoms with van der Waals surface area (Å²) >= 11 is 0. The van der Waals surface area contributed by atoms with Gasteiger partial charge >= 0.3 is 0 Å². The average Bonchev–Trinajstić information content (AvgIpc) is 2.91. The quantitative estimate of drug-likeness (QED) is 0.144. The van der Waals surface area contributed by atoms with E-state index in [0.717, 1.165) is 24.2 Å². The molecule has 4 aromatic rings. The van der Waals surface area contributed by atoms with E-state index in [1.165, 1.54) is 23.9 Å². The van der Waals surface area contributed by atoms with Gasteiger partial charge in [-0.2, -0.15) is 0 Å². The molecular weight excluding hydrogens is 468 g/mol. The number of nitro groups is 1. The highest BCUT2D eigenvalue weighted by Gasteiger charge is 2.05. The molecule has 0 aromatic heterocycles. The third-order valence-corrected chi connectivity index (χ3v) is 5.37. The van der Waals surface area contributed by atoms with Gasteiger partial charge in [-0.05, 0) is 65.7 Å². The second kappa shape index (κ2) is 12.8. The second-order valence-electron chi connectivity index (χ2n) is 8.37. The minimum atomic E-state index is -0.439. The Morgan fingerprint density at radius 2 is 1.16 bits per heavy atom. The Bertz CT molecular complexity index is 1340. The summed E-state index contributed by atoms with van der Waals surface area (Å²) in [5.74, 6) is 1.29. The van der Waals surface area contributed by atoms with Gasteiger partial charge in [0.2, 0.25) is 0 Å². The summed E-state index contributed by atoms with van der Waals surface area (Å²) in [4.78, 5) is 23.4. The van der Waals surface area contributed by atoms with Crippen LogP contribution in [0.25, 0.3) is 0 Å². The summed E-state index contributed by atoms with van der Waals surface area (Å²) in [5, 5.41) is 18.7. The van der Waals surface area contributed by atoms with Crippen LogP contribution in [0, 0.1) is 10.1 Å². The highest BCUT2D eigenvalue weighted by atomic mass is 16.6. The van der Waals surface area contributed by atoms with Gasteiger partial charge in [-0.3, -0.25) is 15.0 Å². The van der Waals surface area contributed by atoms with E-state index >= 15 is 0 Å². The predicted octanol–water partition coefficient (Wildman–Crippen LogP) is 6.05. The number of nitrogens with zero attached hydrogens (tertiary/aromatic N) is 4. The molecule has 0 saturated heterocycles. The van der Waals surface area contributed by atoms with Gasteiger partial charge in [0.25, 0.3) is 5.69 Å². The highest BCUT2D eigenvalue weighted by molar-refractivity contribution is 5.79. The molecule has 0 N–H and O–H groups in total. The van der Waals surface area contributed by atoms with Crippen molar-refractivity contribution >= 4 is 18.1 Å². The van der Waals surface area contributed by atoms with Gasteiger partial charge in [0, 0.05) is 25.2 Å². The van der Waals surface area contributed by atoms with Crippen molar-refractivity contribution in [3.63, 3.8) is 0 Å². The van der Waals surface area contributed by atoms with E-state index in [0.29, 0.717) is 17.1 Å². The van der Waals surface area contributed by atoms with Crippen molar-refractivity contribution in [1.29, 1.82) is 0 Å². The number of benzene rings is 4. The normalized spacial score (nSPS) is 11.3. The minimum Gasteiger partial charge on any atom is -0.357 e. The average molecular weight is 495 g/mol. The SMILES string of the molecule is CN(Cc1ccc(O/N=C/c2ccccc2)cc1)Cc1ccc(O/N=C/c2ccc([N+](=O)[O-])cc2)cc1. The molecule has 8 heteroatoms. The Morgan fingerprint density at radius 3 is 1.62 bits per heavy atom. The molecule has 0 radical (unpaired) electrons. The standard InChI is InChI=1S/C29H26N4O4/c1-32(21-25-9-15-28(16-10-25)36-30-19-23-5-3-2-4-6-23)22-26-11-17-29(18-12-26)37-31-20-24-7-13-27(14-8-24)33(34)35/h2-20H,21-22H2,1H3/b30-19+,31-20+. The van der Waals surface area contributed by atoms with Crippen LogP contribution in [0.4, 0.5) is 5.69 Å². The van der Waals surface area contributed by atoms with Crippen LogP contribution >= 0.6 is 0 Å². The first-order chi connectivity index (χ1) is 18.0. The molecule has 8 nitrogen and oxygen atoms in total. The van der Waals surface area contributed by atoms with E-state index in [1.54, 1.807) is 18.3 Å². The van der Waals surface area contributed by atoms with Crippen molar-refractivity contribution < 1.29 is 14.6 Å². The lowest BCUT2D eigenvalue weighted by molar-refractivity contribution is -0.384. The van der Waals surface area contributed by atoms with Crippen LogP contribution in [0.3, 0.4) is 0 Å². The number of nitro benzene ring substituents is 1. The molecule has 0 unspecified atom stereocenters. The zero-order valence-electron chi connectivity index (χ0n) is 20.3. The zero-order valence-corrected chi connectivity index (χ0v) is 20.3. The van der Waals surface area contributed by atoms with E-state index in [-0.39, 0.29) is 5.69 Å². The van der Waals surface area contributed by atoms with E-state index in [1.807, 2.05) is 78.9 Å². The fraction of sp³-hybridized carbons (Fsp3) is 0.103. The number of rotatable bonds is 11. The molecule has 0 aliphatic rings. The van der Waals surface area contributed by atoms with Crippen LogP contribution in [0.1, 0.15) is 22.3 Å². The molecule has 4 aromatic carbocycles. The molecule has 0 aliphatic heterocycles. The van der Waals surface area contributed by atoms with Crippen molar-refractivity contribution in [3.8, 4) is 11.5 Å². The van der Waals surface area contributed by atoms with Crippen LogP contribution in [-0.2, 0) is 13.1 Å². The summed E-state index contributed by atoms with van der Waals surface area (Å²) in [6.07, 6.45) is 3.20. The van der Waals surface area contributed by atoms with Gasteiger partial charge in [0.1, 0.15) is 0 Å². The molecule has 0 bridgehead atoms. The largest absolute Gasteiger partial charge is 0.357 e. The van der Waals surface area contributed by atoms with Crippen LogP contribution < -0.4 is 9.68 Å². The van der Waals surface area contributed by atoms with Gasteiger partial charge in [-0.15, -0.1) is 0 Å². The molecule has 0 amide bonds. The van der Waals surface area contributed by atoms with Gasteiger partial charge in [-0.25, -0.2) is 0 Å². The first kappa shape index (κ1) is 25.3. The number of hydrogen-bond donors (Lipinski definition) is 0. The summed E-state index contributed by atoms with van der Waals surface area (Å²) in [6.45, 7) is 1.55. The maximum Gasteiger partial charge on any atom is 0.269 e. The molecule has 37 heavy (non-hydrogen) atoms. The second-order valence-corrected chi connectivity index (χ2v) is 8.37. The Kier molecular flexibility index (Phi) is 8.72. The molecule has 0 aliphatic carbocycles. The van der Waals surface area contributed by atoms with Crippen molar-refractivity contribution in [2.75, 3.05) is 7.05 Å². The Balaban J connectivity index is 1.22. The Morgan fingerprint density at radius 1 is 0.703 bits per heavy atom. The van der Waals surface area contributed by atoms with Crippen LogP contribution in [-0.4, -0.2) is 29.3 Å². The Hall–Kier alpha value is -4.82. The predicted molar refractivity (Wildman–Crippen MR) is 144 cm³/mol. The molecule has 0 fully saturated rings. The molecule has 0 heterocycles. The fourth-order valence-electron chi connectivity index (χ4n) is 3.51. The van der Waals surface area contributed by atoms with Gasteiger partial charge in [0.05, 0.1) is 17.4 Å². The lowest BCUT2D eigenvalue weighted by Gasteiger charge is -2.17. The van der Waals surface area contributed by atoms with Gasteiger partial charge in [0.15, 0.2) is 11.5 Å². The maximum absolute atomic E-state index is 10.7. The third kappa shape index (κ3) is 8.12. The molecular formula is C29H26N4O4. The first-order valence-electron chi connectivity index (χ1n) is 11.6. The van der Waals surface area contributed by atoms with Crippen molar-refractivity contribution in [1.82, 2.24) is 4.90 Å². The summed E-state index contributed by atoms with van der Waals surface area (Å²) in [5.41, 5.74) is 4.04. The van der Waals surface area contributed by atoms with Gasteiger partial charge in [-0.1, -0.05) is 64.9 Å². The van der Waals surface area contributed by atoms with E-state index in [2.05, 4.69) is 22.3 Å². The lowest BCUT2D eigenvalue weighted by atomic mass is 10.1. The van der Waals surface area contributed by atoms with E-state index in [4.69, 9.17) is 9.68 Å². The molecule has 0 saturated carbocycles. The number of non-ortho nitro benzene ring substituents is 1.